The van der Waals surface area contributed by atoms with Crippen LogP contribution >= 0.6 is 11.3 Å². The lowest BCUT2D eigenvalue weighted by molar-refractivity contribution is 1.01. The van der Waals surface area contributed by atoms with Crippen LogP contribution in [0.2, 0.25) is 0 Å². The highest BCUT2D eigenvalue weighted by atomic mass is 32.1. The fourth-order valence-electron chi connectivity index (χ4n) is 4.31. The average molecular weight is 363 g/mol. The quantitative estimate of drug-likeness (QED) is 0.287. The molecule has 0 aliphatic rings. The summed E-state index contributed by atoms with van der Waals surface area (Å²) >= 11 is 1.89. The van der Waals surface area contributed by atoms with Crippen LogP contribution in [0.5, 0.6) is 0 Å². The second kappa shape index (κ2) is 5.45. The second-order valence-electron chi connectivity index (χ2n) is 7.09. The number of hydrogen-bond acceptors (Lipinski definition) is 1. The molecule has 2 aromatic heterocycles. The van der Waals surface area contributed by atoms with E-state index < -0.39 is 0 Å². The smallest absolute Gasteiger partial charge is 0.0489 e. The van der Waals surface area contributed by atoms with Crippen molar-refractivity contribution < 1.29 is 0 Å². The predicted molar refractivity (Wildman–Crippen MR) is 119 cm³/mol. The molecule has 0 fully saturated rings. The Kier molecular flexibility index (Phi) is 3.03. The third-order valence-corrected chi connectivity index (χ3v) is 6.85. The average Bonchev–Trinajstić information content (AvgIpc) is 3.24. The van der Waals surface area contributed by atoms with Gasteiger partial charge < -0.3 is 4.57 Å². The van der Waals surface area contributed by atoms with Crippen molar-refractivity contribution in [1.82, 2.24) is 4.57 Å². The molecule has 0 atom stereocenters. The number of fused-ring (bicyclic) bond motifs is 6. The predicted octanol–water partition coefficient (Wildman–Crippen LogP) is 7.37. The van der Waals surface area contributed by atoms with Crippen LogP contribution in [0, 0.1) is 0 Å². The number of hydrogen-bond donors (Lipinski definition) is 0. The maximum absolute atomic E-state index is 2.36. The molecule has 0 radical (unpaired) electrons. The normalized spacial score (nSPS) is 11.9. The van der Waals surface area contributed by atoms with E-state index >= 15 is 0 Å². The van der Waals surface area contributed by atoms with Gasteiger partial charge in [-0.1, -0.05) is 60.7 Å². The minimum atomic E-state index is 1.28. The molecule has 6 aromatic rings. The van der Waals surface area contributed by atoms with Gasteiger partial charge in [-0.25, -0.2) is 0 Å². The van der Waals surface area contributed by atoms with Crippen molar-refractivity contribution in [2.45, 2.75) is 0 Å². The van der Waals surface area contributed by atoms with Gasteiger partial charge in [0.15, 0.2) is 0 Å². The molecule has 0 spiro atoms. The third kappa shape index (κ3) is 2.05. The fraction of sp³-hybridized carbons (Fsp3) is 0.0400. The van der Waals surface area contributed by atoms with E-state index in [0.717, 1.165) is 0 Å². The van der Waals surface area contributed by atoms with E-state index in [4.69, 9.17) is 0 Å². The molecular weight excluding hydrogens is 346 g/mol. The van der Waals surface area contributed by atoms with Gasteiger partial charge in [0, 0.05) is 49.0 Å². The Morgan fingerprint density at radius 2 is 1.37 bits per heavy atom. The van der Waals surface area contributed by atoms with Gasteiger partial charge in [-0.05, 0) is 35.4 Å². The molecule has 128 valence electrons. The van der Waals surface area contributed by atoms with Crippen molar-refractivity contribution in [3.8, 4) is 11.1 Å². The molecule has 4 aromatic carbocycles. The number of benzene rings is 4. The summed E-state index contributed by atoms with van der Waals surface area (Å²) in [4.78, 5) is 0. The van der Waals surface area contributed by atoms with E-state index in [2.05, 4.69) is 96.5 Å². The van der Waals surface area contributed by atoms with Crippen LogP contribution in [0.15, 0.2) is 84.9 Å². The van der Waals surface area contributed by atoms with Crippen LogP contribution in [-0.2, 0) is 7.05 Å². The largest absolute Gasteiger partial charge is 0.344 e. The van der Waals surface area contributed by atoms with Crippen LogP contribution in [0.4, 0.5) is 0 Å². The van der Waals surface area contributed by atoms with E-state index in [1.165, 1.54) is 53.1 Å². The standard InChI is InChI=1S/C25H17NS/c1-26-22-11-4-2-7-18(22)21-15-16(13-14-23(21)26)17-9-6-10-20-19-8-3-5-12-24(19)27-25(17)20/h2-15H,1H3. The number of nitrogens with zero attached hydrogens (tertiary/aromatic N) is 1. The minimum absolute atomic E-state index is 1.28. The Bertz CT molecular complexity index is 1480. The summed E-state index contributed by atoms with van der Waals surface area (Å²) in [5.41, 5.74) is 5.17. The highest BCUT2D eigenvalue weighted by Gasteiger charge is 2.12. The molecule has 2 heteroatoms. The van der Waals surface area contributed by atoms with Gasteiger partial charge in [0.05, 0.1) is 0 Å². The first-order valence-corrected chi connectivity index (χ1v) is 10.0. The first kappa shape index (κ1) is 15.0. The van der Waals surface area contributed by atoms with E-state index in [1.54, 1.807) is 0 Å². The molecule has 27 heavy (non-hydrogen) atoms. The maximum Gasteiger partial charge on any atom is 0.0489 e. The van der Waals surface area contributed by atoms with Gasteiger partial charge in [-0.2, -0.15) is 0 Å². The van der Waals surface area contributed by atoms with E-state index in [9.17, 15) is 0 Å². The number of aryl methyl sites for hydroxylation is 1. The Morgan fingerprint density at radius 1 is 0.630 bits per heavy atom. The van der Waals surface area contributed by atoms with Gasteiger partial charge in [0.25, 0.3) is 0 Å². The molecule has 0 N–H and O–H groups in total. The fourth-order valence-corrected chi connectivity index (χ4v) is 5.55. The molecule has 0 aliphatic carbocycles. The summed E-state index contributed by atoms with van der Waals surface area (Å²) in [7, 11) is 2.15. The number of para-hydroxylation sites is 1. The van der Waals surface area contributed by atoms with Gasteiger partial charge in [0.1, 0.15) is 0 Å². The van der Waals surface area contributed by atoms with E-state index in [0.29, 0.717) is 0 Å². The van der Waals surface area contributed by atoms with Crippen LogP contribution in [0.25, 0.3) is 53.1 Å². The van der Waals surface area contributed by atoms with Crippen molar-refractivity contribution in [3.63, 3.8) is 0 Å². The Hall–Kier alpha value is -3.10. The summed E-state index contributed by atoms with van der Waals surface area (Å²) in [5, 5.41) is 5.35. The monoisotopic (exact) mass is 363 g/mol. The highest BCUT2D eigenvalue weighted by Crippen LogP contribution is 2.41. The first-order valence-electron chi connectivity index (χ1n) is 9.19. The summed E-state index contributed by atoms with van der Waals surface area (Å²) in [6, 6.07) is 30.9. The van der Waals surface area contributed by atoms with Gasteiger partial charge in [-0.3, -0.25) is 0 Å². The van der Waals surface area contributed by atoms with Crippen LogP contribution in [0.1, 0.15) is 0 Å². The summed E-state index contributed by atoms with van der Waals surface area (Å²) in [6.45, 7) is 0. The van der Waals surface area contributed by atoms with E-state index in [-0.39, 0.29) is 0 Å². The number of thiophene rings is 1. The molecule has 0 saturated carbocycles. The number of aromatic nitrogens is 1. The summed E-state index contributed by atoms with van der Waals surface area (Å²) in [5.74, 6) is 0. The molecule has 0 unspecified atom stereocenters. The Labute approximate surface area is 161 Å². The Morgan fingerprint density at radius 3 is 2.30 bits per heavy atom. The zero-order chi connectivity index (χ0) is 18.0. The molecule has 0 saturated heterocycles. The SMILES string of the molecule is Cn1c2ccccc2c2cc(-c3cccc4c3sc3ccccc34)ccc21. The van der Waals surface area contributed by atoms with Crippen LogP contribution in [-0.4, -0.2) is 4.57 Å². The third-order valence-electron chi connectivity index (χ3n) is 5.63. The zero-order valence-electron chi connectivity index (χ0n) is 14.9. The first-order chi connectivity index (χ1) is 13.3. The number of rotatable bonds is 1. The summed E-state index contributed by atoms with van der Waals surface area (Å²) < 4.78 is 5.01. The second-order valence-corrected chi connectivity index (χ2v) is 8.14. The minimum Gasteiger partial charge on any atom is -0.344 e. The molecular formula is C25H17NS. The van der Waals surface area contributed by atoms with Gasteiger partial charge in [-0.15, -0.1) is 11.3 Å². The topological polar surface area (TPSA) is 4.93 Å². The highest BCUT2D eigenvalue weighted by molar-refractivity contribution is 7.26. The lowest BCUT2D eigenvalue weighted by Crippen LogP contribution is -1.86. The van der Waals surface area contributed by atoms with Crippen molar-refractivity contribution in [2.24, 2.45) is 7.05 Å². The molecule has 0 aliphatic heterocycles. The van der Waals surface area contributed by atoms with Crippen molar-refractivity contribution in [2.75, 3.05) is 0 Å². The Balaban J connectivity index is 1.69. The summed E-state index contributed by atoms with van der Waals surface area (Å²) in [6.07, 6.45) is 0. The zero-order valence-corrected chi connectivity index (χ0v) is 15.8. The van der Waals surface area contributed by atoms with Gasteiger partial charge in [0.2, 0.25) is 0 Å². The lowest BCUT2D eigenvalue weighted by atomic mass is 10.0. The van der Waals surface area contributed by atoms with Crippen molar-refractivity contribution >= 4 is 53.3 Å². The van der Waals surface area contributed by atoms with Crippen molar-refractivity contribution in [1.29, 1.82) is 0 Å². The molecule has 1 nitrogen and oxygen atoms in total. The molecule has 0 bridgehead atoms. The maximum atomic E-state index is 2.36. The molecule has 6 rings (SSSR count). The van der Waals surface area contributed by atoms with E-state index in [1.807, 2.05) is 11.3 Å². The van der Waals surface area contributed by atoms with Crippen LogP contribution < -0.4 is 0 Å². The molecule has 2 heterocycles. The molecule has 0 amide bonds. The lowest BCUT2D eigenvalue weighted by Gasteiger charge is -2.05. The van der Waals surface area contributed by atoms with Crippen molar-refractivity contribution in [3.05, 3.63) is 84.9 Å². The van der Waals surface area contributed by atoms with Crippen LogP contribution in [0.3, 0.4) is 0 Å². The van der Waals surface area contributed by atoms with Gasteiger partial charge >= 0.3 is 0 Å².